The Hall–Kier alpha value is -2.09. The lowest BCUT2D eigenvalue weighted by molar-refractivity contribution is -0.665. The number of benzene rings is 1. The monoisotopic (exact) mass is 456 g/mol. The van der Waals surface area contributed by atoms with Gasteiger partial charge >= 0.3 is 0 Å². The van der Waals surface area contributed by atoms with E-state index in [4.69, 9.17) is 0 Å². The number of hydrogen-bond acceptors (Lipinski definition) is 5. The van der Waals surface area contributed by atoms with Crippen molar-refractivity contribution in [1.82, 2.24) is 9.47 Å². The lowest BCUT2D eigenvalue weighted by Crippen LogP contribution is -2.35. The lowest BCUT2D eigenvalue weighted by Gasteiger charge is -2.18. The van der Waals surface area contributed by atoms with E-state index in [1.807, 2.05) is 17.6 Å². The van der Waals surface area contributed by atoms with Gasteiger partial charge in [0.2, 0.25) is 5.52 Å². The highest BCUT2D eigenvalue weighted by Crippen LogP contribution is 2.33. The van der Waals surface area contributed by atoms with Crippen LogP contribution in [0.15, 0.2) is 51.3 Å². The molecule has 30 heavy (non-hydrogen) atoms. The molecule has 1 aliphatic heterocycles. The first kappa shape index (κ1) is 21.2. The number of fused-ring (bicyclic) bond motifs is 1. The minimum Gasteiger partial charge on any atom is -0.340 e. The van der Waals surface area contributed by atoms with E-state index in [1.165, 1.54) is 26.0 Å². The molecule has 4 rings (SSSR count). The minimum absolute atomic E-state index is 0.0884. The van der Waals surface area contributed by atoms with Crippen LogP contribution in [0.4, 0.5) is 0 Å². The average Bonchev–Trinajstić information content (AvgIpc) is 3.38. The summed E-state index contributed by atoms with van der Waals surface area (Å²) in [5.41, 5.74) is 2.59. The Morgan fingerprint density at radius 2 is 1.87 bits per heavy atom. The van der Waals surface area contributed by atoms with Crippen molar-refractivity contribution in [3.05, 3.63) is 71.0 Å². The van der Waals surface area contributed by atoms with E-state index in [-0.39, 0.29) is 5.56 Å². The molecule has 0 spiro atoms. The predicted molar refractivity (Wildman–Crippen MR) is 131 cm³/mol. The zero-order valence-corrected chi connectivity index (χ0v) is 20.2. The average molecular weight is 457 g/mol. The van der Waals surface area contributed by atoms with Crippen LogP contribution >= 0.6 is 34.4 Å². The molecule has 0 amide bonds. The summed E-state index contributed by atoms with van der Waals surface area (Å²) in [5, 5.41) is 4.51. The molecule has 156 valence electrons. The maximum atomic E-state index is 13.0. The topological polar surface area (TPSA) is 29.1 Å². The third kappa shape index (κ3) is 3.82. The third-order valence-electron chi connectivity index (χ3n) is 5.19. The van der Waals surface area contributed by atoms with E-state index >= 15 is 0 Å². The first-order valence-corrected chi connectivity index (χ1v) is 12.7. The van der Waals surface area contributed by atoms with Gasteiger partial charge in [-0.15, -0.1) is 11.3 Å². The van der Waals surface area contributed by atoms with Crippen molar-refractivity contribution in [2.24, 2.45) is 0 Å². The number of hydrogen-bond donors (Lipinski definition) is 0. The van der Waals surface area contributed by atoms with Gasteiger partial charge in [0.25, 0.3) is 10.6 Å². The number of aromatic nitrogens is 2. The molecule has 0 atom stereocenters. The van der Waals surface area contributed by atoms with Crippen LogP contribution in [0.5, 0.6) is 0 Å². The van der Waals surface area contributed by atoms with Crippen molar-refractivity contribution >= 4 is 56.8 Å². The van der Waals surface area contributed by atoms with E-state index in [0.717, 1.165) is 22.3 Å². The summed E-state index contributed by atoms with van der Waals surface area (Å²) in [7, 11) is 0. The normalized spacial score (nSPS) is 17.0. The third-order valence-corrected chi connectivity index (χ3v) is 8.44. The molecule has 7 heteroatoms. The molecular weight excluding hydrogens is 430 g/mol. The van der Waals surface area contributed by atoms with Gasteiger partial charge in [-0.3, -0.25) is 9.36 Å². The molecule has 0 unspecified atom stereocenters. The Kier molecular flexibility index (Phi) is 6.32. The van der Waals surface area contributed by atoms with E-state index < -0.39 is 0 Å². The molecule has 0 bridgehead atoms. The highest BCUT2D eigenvalue weighted by atomic mass is 32.2. The SMILES string of the molecule is CCN1C(C)=CS/C1=C\C=c1\s/c(=C/c2sc3ccccc3[n+]2CC)n(CC)c1=O. The Balaban J connectivity index is 1.83. The van der Waals surface area contributed by atoms with Crippen LogP contribution in [0.1, 0.15) is 32.7 Å². The molecule has 0 fully saturated rings. The largest absolute Gasteiger partial charge is 0.340 e. The molecule has 0 saturated heterocycles. The van der Waals surface area contributed by atoms with Crippen molar-refractivity contribution < 1.29 is 4.57 Å². The number of thiazole rings is 2. The lowest BCUT2D eigenvalue weighted by atomic mass is 10.3. The Bertz CT molecular complexity index is 1320. The van der Waals surface area contributed by atoms with Crippen molar-refractivity contribution in [2.45, 2.75) is 40.8 Å². The van der Waals surface area contributed by atoms with Crippen LogP contribution in [0, 0.1) is 0 Å². The molecule has 0 saturated carbocycles. The zero-order valence-electron chi connectivity index (χ0n) is 17.7. The van der Waals surface area contributed by atoms with Crippen LogP contribution < -0.4 is 19.3 Å². The molecule has 4 nitrogen and oxygen atoms in total. The zero-order chi connectivity index (χ0) is 21.3. The van der Waals surface area contributed by atoms with E-state index in [9.17, 15) is 4.79 Å². The van der Waals surface area contributed by atoms with Crippen LogP contribution in [-0.2, 0) is 13.1 Å². The second-order valence-corrected chi connectivity index (χ2v) is 9.96. The Morgan fingerprint density at radius 1 is 1.07 bits per heavy atom. The van der Waals surface area contributed by atoms with Gasteiger partial charge in [-0.25, -0.2) is 0 Å². The smallest absolute Gasteiger partial charge is 0.269 e. The number of thioether (sulfide) groups is 1. The fraction of sp³-hybridized carbons (Fsp3) is 0.304. The summed E-state index contributed by atoms with van der Waals surface area (Å²) < 4.78 is 7.24. The van der Waals surface area contributed by atoms with Crippen molar-refractivity contribution in [3.63, 3.8) is 0 Å². The maximum absolute atomic E-state index is 13.0. The quantitative estimate of drug-likeness (QED) is 0.547. The highest BCUT2D eigenvalue weighted by molar-refractivity contribution is 8.06. The number of rotatable bonds is 5. The molecule has 3 aromatic rings. The van der Waals surface area contributed by atoms with Gasteiger partial charge in [0.15, 0.2) is 0 Å². The van der Waals surface area contributed by atoms with Gasteiger partial charge in [-0.2, -0.15) is 4.57 Å². The fourth-order valence-corrected chi connectivity index (χ4v) is 6.93. The highest BCUT2D eigenvalue weighted by Gasteiger charge is 2.18. The molecule has 2 aromatic heterocycles. The molecule has 3 heterocycles. The van der Waals surface area contributed by atoms with Crippen LogP contribution in [0.3, 0.4) is 0 Å². The molecule has 0 radical (unpaired) electrons. The standard InChI is InChI=1S/C23H26N3OS3/c1-5-24-16(4)15-28-20(24)13-12-19-23(27)26(7-3)22(30-19)14-21-25(6-2)17-10-8-9-11-18(17)29-21/h8-15H,5-7H2,1-4H3/q+1/b19-12+,20-13-. The molecule has 1 aliphatic rings. The number of allylic oxidation sites excluding steroid dienone is 2. The van der Waals surface area contributed by atoms with E-state index in [0.29, 0.717) is 6.54 Å². The minimum atomic E-state index is 0.0884. The van der Waals surface area contributed by atoms with Gasteiger partial charge in [0.1, 0.15) is 15.9 Å². The number of aryl methyl sites for hydroxylation is 1. The van der Waals surface area contributed by atoms with Crippen molar-refractivity contribution in [1.29, 1.82) is 0 Å². The molecule has 1 aromatic carbocycles. The summed E-state index contributed by atoms with van der Waals surface area (Å²) in [6.45, 7) is 11.0. The van der Waals surface area contributed by atoms with Crippen LogP contribution in [0.2, 0.25) is 0 Å². The van der Waals surface area contributed by atoms with Gasteiger partial charge in [-0.1, -0.05) is 35.2 Å². The molecule has 0 aliphatic carbocycles. The van der Waals surface area contributed by atoms with Gasteiger partial charge < -0.3 is 4.90 Å². The summed E-state index contributed by atoms with van der Waals surface area (Å²) in [6.07, 6.45) is 6.22. The summed E-state index contributed by atoms with van der Waals surface area (Å²) in [4.78, 5) is 15.3. The molecule has 0 N–H and O–H groups in total. The second-order valence-electron chi connectivity index (χ2n) is 6.94. The van der Waals surface area contributed by atoms with E-state index in [2.05, 4.69) is 72.1 Å². The van der Waals surface area contributed by atoms with Crippen molar-refractivity contribution in [3.8, 4) is 0 Å². The van der Waals surface area contributed by atoms with Crippen molar-refractivity contribution in [2.75, 3.05) is 6.54 Å². The van der Waals surface area contributed by atoms with Gasteiger partial charge in [-0.05, 0) is 51.3 Å². The summed E-state index contributed by atoms with van der Waals surface area (Å²) in [6, 6.07) is 8.47. The fourth-order valence-electron chi connectivity index (χ4n) is 3.68. The van der Waals surface area contributed by atoms with Crippen LogP contribution in [-0.4, -0.2) is 16.0 Å². The van der Waals surface area contributed by atoms with Crippen LogP contribution in [0.25, 0.3) is 22.4 Å². The summed E-state index contributed by atoms with van der Waals surface area (Å²) in [5.74, 6) is 0. The second kappa shape index (κ2) is 8.96. The molecular formula is C23H26N3OS3+. The Morgan fingerprint density at radius 3 is 2.60 bits per heavy atom. The van der Waals surface area contributed by atoms with E-state index in [1.54, 1.807) is 34.4 Å². The first-order chi connectivity index (χ1) is 14.6. The summed E-state index contributed by atoms with van der Waals surface area (Å²) >= 11 is 5.06. The predicted octanol–water partition coefficient (Wildman–Crippen LogP) is 3.83. The number of nitrogens with zero attached hydrogens (tertiary/aromatic N) is 3. The Labute approximate surface area is 188 Å². The number of para-hydroxylation sites is 1. The van der Waals surface area contributed by atoms with Gasteiger partial charge in [0.05, 0.1) is 15.6 Å². The first-order valence-electron chi connectivity index (χ1n) is 10.2. The maximum Gasteiger partial charge on any atom is 0.269 e. The van der Waals surface area contributed by atoms with Gasteiger partial charge in [0, 0.05) is 24.9 Å².